The minimum Gasteiger partial charge on any atom is -0.461 e. The maximum absolute atomic E-state index is 5.24. The highest BCUT2D eigenvalue weighted by atomic mass is 16.5. The van der Waals surface area contributed by atoms with Crippen LogP contribution in [0.15, 0.2) is 27.3 Å². The Morgan fingerprint density at radius 2 is 2.36 bits per heavy atom. The third kappa shape index (κ3) is 1.44. The zero-order valence-electron chi connectivity index (χ0n) is 8.20. The zero-order valence-corrected chi connectivity index (χ0v) is 8.20. The number of nitrogens with one attached hydrogen (secondary N) is 1. The molecule has 0 fully saturated rings. The molecule has 1 N–H and O–H groups in total. The van der Waals surface area contributed by atoms with E-state index in [4.69, 9.17) is 8.94 Å². The molecule has 0 unspecified atom stereocenters. The molecular weight excluding hydrogens is 180 g/mol. The van der Waals surface area contributed by atoms with Crippen molar-refractivity contribution in [1.29, 1.82) is 0 Å². The van der Waals surface area contributed by atoms with Crippen LogP contribution in [0.25, 0.3) is 11.5 Å². The van der Waals surface area contributed by atoms with E-state index in [0.717, 1.165) is 17.0 Å². The molecule has 0 aliphatic rings. The number of nitrogens with zero attached hydrogens (tertiary/aromatic N) is 1. The number of hydrogen-bond acceptors (Lipinski definition) is 4. The molecule has 4 heteroatoms. The van der Waals surface area contributed by atoms with Gasteiger partial charge in [0.1, 0.15) is 5.69 Å². The monoisotopic (exact) mass is 192 g/mol. The lowest BCUT2D eigenvalue weighted by atomic mass is 10.2. The second kappa shape index (κ2) is 3.67. The Bertz CT molecular complexity index is 404. The van der Waals surface area contributed by atoms with Crippen LogP contribution >= 0.6 is 0 Å². The molecule has 0 saturated heterocycles. The van der Waals surface area contributed by atoms with Crippen LogP contribution in [0.1, 0.15) is 11.3 Å². The highest BCUT2D eigenvalue weighted by Gasteiger charge is 2.14. The van der Waals surface area contributed by atoms with Crippen LogP contribution in [0.3, 0.4) is 0 Å². The van der Waals surface area contributed by atoms with Crippen LogP contribution in [0, 0.1) is 6.92 Å². The summed E-state index contributed by atoms with van der Waals surface area (Å²) in [5.41, 5.74) is 1.94. The Labute approximate surface area is 81.9 Å². The number of furan rings is 1. The van der Waals surface area contributed by atoms with Crippen molar-refractivity contribution in [2.45, 2.75) is 13.5 Å². The van der Waals surface area contributed by atoms with E-state index >= 15 is 0 Å². The van der Waals surface area contributed by atoms with Gasteiger partial charge in [-0.2, -0.15) is 0 Å². The van der Waals surface area contributed by atoms with Gasteiger partial charge in [0.25, 0.3) is 0 Å². The molecule has 4 nitrogen and oxygen atoms in total. The lowest BCUT2D eigenvalue weighted by molar-refractivity contribution is 0.409. The van der Waals surface area contributed by atoms with Gasteiger partial charge in [0.15, 0.2) is 5.76 Å². The fourth-order valence-corrected chi connectivity index (χ4v) is 1.34. The van der Waals surface area contributed by atoms with Gasteiger partial charge in [-0.1, -0.05) is 5.16 Å². The highest BCUT2D eigenvalue weighted by molar-refractivity contribution is 5.55. The van der Waals surface area contributed by atoms with Crippen molar-refractivity contribution >= 4 is 0 Å². The molecule has 0 spiro atoms. The third-order valence-corrected chi connectivity index (χ3v) is 2.11. The number of aromatic nitrogens is 1. The van der Waals surface area contributed by atoms with Crippen molar-refractivity contribution in [3.63, 3.8) is 0 Å². The minimum atomic E-state index is 0.704. The van der Waals surface area contributed by atoms with E-state index in [1.807, 2.05) is 26.1 Å². The van der Waals surface area contributed by atoms with Crippen molar-refractivity contribution in [2.75, 3.05) is 7.05 Å². The highest BCUT2D eigenvalue weighted by Crippen LogP contribution is 2.25. The van der Waals surface area contributed by atoms with Gasteiger partial charge in [0.2, 0.25) is 5.76 Å². The lowest BCUT2D eigenvalue weighted by Gasteiger charge is -1.94. The average Bonchev–Trinajstić information content (AvgIpc) is 2.77. The summed E-state index contributed by atoms with van der Waals surface area (Å²) in [5.74, 6) is 1.43. The standard InChI is InChI=1S/C10H12N2O2/c1-7-8(6-11-2)12-14-10(7)9-4-3-5-13-9/h3-5,11H,6H2,1-2H3. The summed E-state index contributed by atoms with van der Waals surface area (Å²) < 4.78 is 10.4. The number of rotatable bonds is 3. The first-order valence-corrected chi connectivity index (χ1v) is 4.46. The molecular formula is C10H12N2O2. The molecule has 0 aliphatic carbocycles. The molecule has 0 amide bonds. The third-order valence-electron chi connectivity index (χ3n) is 2.11. The van der Waals surface area contributed by atoms with Crippen LogP contribution in [-0.4, -0.2) is 12.2 Å². The van der Waals surface area contributed by atoms with E-state index in [0.29, 0.717) is 12.3 Å². The lowest BCUT2D eigenvalue weighted by Crippen LogP contribution is -2.06. The van der Waals surface area contributed by atoms with Gasteiger partial charge in [0, 0.05) is 12.1 Å². The second-order valence-corrected chi connectivity index (χ2v) is 3.09. The molecule has 74 valence electrons. The van der Waals surface area contributed by atoms with Crippen LogP contribution in [0.2, 0.25) is 0 Å². The summed E-state index contributed by atoms with van der Waals surface area (Å²) in [6.07, 6.45) is 1.62. The fraction of sp³-hybridized carbons (Fsp3) is 0.300. The summed E-state index contributed by atoms with van der Waals surface area (Å²) in [6.45, 7) is 2.68. The number of hydrogen-bond donors (Lipinski definition) is 1. The molecule has 2 aromatic heterocycles. The van der Waals surface area contributed by atoms with Gasteiger partial charge in [0.05, 0.1) is 6.26 Å². The molecule has 2 heterocycles. The first-order valence-electron chi connectivity index (χ1n) is 4.46. The Hall–Kier alpha value is -1.55. The summed E-state index contributed by atoms with van der Waals surface area (Å²) in [6, 6.07) is 3.69. The van der Waals surface area contributed by atoms with Crippen molar-refractivity contribution in [1.82, 2.24) is 10.5 Å². The molecule has 0 aliphatic heterocycles. The Balaban J connectivity index is 2.36. The molecule has 0 saturated carbocycles. The Kier molecular flexibility index (Phi) is 2.37. The van der Waals surface area contributed by atoms with Crippen LogP contribution in [0.5, 0.6) is 0 Å². The first kappa shape index (κ1) is 9.02. The SMILES string of the molecule is CNCc1noc(-c2ccco2)c1C. The van der Waals surface area contributed by atoms with E-state index in [9.17, 15) is 0 Å². The second-order valence-electron chi connectivity index (χ2n) is 3.09. The van der Waals surface area contributed by atoms with Gasteiger partial charge in [-0.25, -0.2) is 0 Å². The van der Waals surface area contributed by atoms with Crippen LogP contribution in [0.4, 0.5) is 0 Å². The predicted molar refractivity (Wildman–Crippen MR) is 51.7 cm³/mol. The van der Waals surface area contributed by atoms with Gasteiger partial charge in [-0.3, -0.25) is 0 Å². The normalized spacial score (nSPS) is 10.7. The van der Waals surface area contributed by atoms with E-state index in [1.54, 1.807) is 6.26 Å². The zero-order chi connectivity index (χ0) is 9.97. The Morgan fingerprint density at radius 1 is 1.50 bits per heavy atom. The minimum absolute atomic E-state index is 0.704. The van der Waals surface area contributed by atoms with E-state index in [2.05, 4.69) is 10.5 Å². The maximum Gasteiger partial charge on any atom is 0.205 e. The molecule has 0 bridgehead atoms. The molecule has 0 aromatic carbocycles. The molecule has 0 atom stereocenters. The van der Waals surface area contributed by atoms with E-state index < -0.39 is 0 Å². The first-order chi connectivity index (χ1) is 6.83. The quantitative estimate of drug-likeness (QED) is 0.807. The van der Waals surface area contributed by atoms with Crippen LogP contribution in [-0.2, 0) is 6.54 Å². The predicted octanol–water partition coefficient (Wildman–Crippen LogP) is 1.96. The summed E-state index contributed by atoms with van der Waals surface area (Å²) >= 11 is 0. The van der Waals surface area contributed by atoms with Crippen molar-refractivity contribution < 1.29 is 8.94 Å². The summed E-state index contributed by atoms with van der Waals surface area (Å²) in [4.78, 5) is 0. The van der Waals surface area contributed by atoms with Crippen molar-refractivity contribution in [3.05, 3.63) is 29.7 Å². The maximum atomic E-state index is 5.24. The van der Waals surface area contributed by atoms with Crippen LogP contribution < -0.4 is 5.32 Å². The molecule has 0 radical (unpaired) electrons. The smallest absolute Gasteiger partial charge is 0.205 e. The molecule has 2 rings (SSSR count). The van der Waals surface area contributed by atoms with Crippen molar-refractivity contribution in [2.24, 2.45) is 0 Å². The Morgan fingerprint density at radius 3 is 3.00 bits per heavy atom. The van der Waals surface area contributed by atoms with E-state index in [-0.39, 0.29) is 0 Å². The molecule has 2 aromatic rings. The molecule has 14 heavy (non-hydrogen) atoms. The largest absolute Gasteiger partial charge is 0.461 e. The summed E-state index contributed by atoms with van der Waals surface area (Å²) in [7, 11) is 1.88. The average molecular weight is 192 g/mol. The van der Waals surface area contributed by atoms with Gasteiger partial charge >= 0.3 is 0 Å². The fourth-order valence-electron chi connectivity index (χ4n) is 1.34. The van der Waals surface area contributed by atoms with Gasteiger partial charge in [-0.05, 0) is 26.1 Å². The van der Waals surface area contributed by atoms with E-state index in [1.165, 1.54) is 0 Å². The van der Waals surface area contributed by atoms with Gasteiger partial charge < -0.3 is 14.3 Å². The summed E-state index contributed by atoms with van der Waals surface area (Å²) in [5, 5.41) is 6.99. The topological polar surface area (TPSA) is 51.2 Å². The van der Waals surface area contributed by atoms with Gasteiger partial charge in [-0.15, -0.1) is 0 Å². The van der Waals surface area contributed by atoms with Crippen molar-refractivity contribution in [3.8, 4) is 11.5 Å².